The number of benzene rings is 3. The van der Waals surface area contributed by atoms with Gasteiger partial charge in [-0.2, -0.15) is 0 Å². The topological polar surface area (TPSA) is 45.1 Å². The van der Waals surface area contributed by atoms with Crippen molar-refractivity contribution >= 4 is 27.5 Å². The number of anilines is 1. The number of phenols is 1. The molecular weight excluding hydrogens is 296 g/mol. The van der Waals surface area contributed by atoms with Crippen molar-refractivity contribution in [3.05, 3.63) is 78.4 Å². The van der Waals surface area contributed by atoms with Gasteiger partial charge >= 0.3 is 0 Å². The summed E-state index contributed by atoms with van der Waals surface area (Å²) in [6.45, 7) is 0.822. The Bertz CT molecular complexity index is 939. The highest BCUT2D eigenvalue weighted by Gasteiger charge is 2.08. The molecule has 0 saturated heterocycles. The Morgan fingerprint density at radius 3 is 1.96 bits per heavy atom. The minimum absolute atomic E-state index is 0.304. The van der Waals surface area contributed by atoms with E-state index < -0.39 is 0 Å². The number of phenolic OH excluding ortho intramolecular Hbond substituents is 1. The van der Waals surface area contributed by atoms with Gasteiger partial charge in [0.05, 0.1) is 16.7 Å². The number of nitrogens with one attached hydrogen (secondary N) is 1. The smallest absolute Gasteiger partial charge is 0.115 e. The zero-order chi connectivity index (χ0) is 16.4. The largest absolute Gasteiger partial charge is 0.508 e. The van der Waals surface area contributed by atoms with Crippen molar-refractivity contribution < 1.29 is 5.11 Å². The molecule has 4 rings (SSSR count). The third kappa shape index (κ3) is 2.76. The van der Waals surface area contributed by atoms with Crippen LogP contribution in [-0.4, -0.2) is 16.6 Å². The van der Waals surface area contributed by atoms with Crippen LogP contribution in [0.5, 0.6) is 5.75 Å². The van der Waals surface area contributed by atoms with Crippen LogP contribution in [0.2, 0.25) is 0 Å². The molecular formula is C21H18N2O. The van der Waals surface area contributed by atoms with Crippen molar-refractivity contribution in [3.63, 3.8) is 0 Å². The molecule has 4 aromatic rings. The van der Waals surface area contributed by atoms with Crippen molar-refractivity contribution in [2.24, 2.45) is 0 Å². The minimum Gasteiger partial charge on any atom is -0.508 e. The van der Waals surface area contributed by atoms with Gasteiger partial charge in [-0.15, -0.1) is 0 Å². The van der Waals surface area contributed by atoms with Crippen LogP contribution in [0.15, 0.2) is 72.8 Å². The van der Waals surface area contributed by atoms with E-state index >= 15 is 0 Å². The predicted molar refractivity (Wildman–Crippen MR) is 99.5 cm³/mol. The predicted octanol–water partition coefficient (Wildman–Crippen LogP) is 4.75. The number of para-hydroxylation sites is 2. The average Bonchev–Trinajstić information content (AvgIpc) is 2.63. The number of aromatic hydroxyl groups is 1. The first-order valence-electron chi connectivity index (χ1n) is 8.10. The first-order valence-corrected chi connectivity index (χ1v) is 8.10. The quantitative estimate of drug-likeness (QED) is 0.534. The molecule has 0 fully saturated rings. The molecule has 24 heavy (non-hydrogen) atoms. The Labute approximate surface area is 140 Å². The summed E-state index contributed by atoms with van der Waals surface area (Å²) in [5, 5.41) is 15.2. The van der Waals surface area contributed by atoms with Gasteiger partial charge in [0, 0.05) is 17.3 Å². The van der Waals surface area contributed by atoms with Crippen molar-refractivity contribution in [2.75, 3.05) is 11.9 Å². The molecule has 1 heterocycles. The van der Waals surface area contributed by atoms with E-state index in [9.17, 15) is 5.11 Å². The van der Waals surface area contributed by atoms with Crippen molar-refractivity contribution in [3.8, 4) is 5.75 Å². The SMILES string of the molecule is Oc1ccc(CCNc2c3ccccc3nc3ccccc23)cc1. The number of fused-ring (bicyclic) bond motifs is 2. The van der Waals surface area contributed by atoms with Gasteiger partial charge in [-0.25, -0.2) is 4.98 Å². The Morgan fingerprint density at radius 1 is 0.750 bits per heavy atom. The van der Waals surface area contributed by atoms with Gasteiger partial charge < -0.3 is 10.4 Å². The van der Waals surface area contributed by atoms with E-state index in [2.05, 4.69) is 17.4 Å². The van der Waals surface area contributed by atoms with Gasteiger partial charge in [-0.05, 0) is 36.2 Å². The molecule has 0 atom stereocenters. The highest BCUT2D eigenvalue weighted by Crippen LogP contribution is 2.30. The summed E-state index contributed by atoms with van der Waals surface area (Å²) in [6, 6.07) is 23.8. The van der Waals surface area contributed by atoms with Gasteiger partial charge in [0.1, 0.15) is 5.75 Å². The molecule has 0 aliphatic carbocycles. The van der Waals surface area contributed by atoms with Crippen LogP contribution in [0.25, 0.3) is 21.8 Å². The van der Waals surface area contributed by atoms with Crippen LogP contribution in [-0.2, 0) is 6.42 Å². The standard InChI is InChI=1S/C21H18N2O/c24-16-11-9-15(10-12-16)13-14-22-21-17-5-1-3-7-19(17)23-20-8-4-2-6-18(20)21/h1-12,24H,13-14H2,(H,22,23). The summed E-state index contributed by atoms with van der Waals surface area (Å²) in [5.74, 6) is 0.304. The molecule has 0 bridgehead atoms. The monoisotopic (exact) mass is 314 g/mol. The molecule has 0 amide bonds. The fraction of sp³-hybridized carbons (Fsp3) is 0.0952. The number of rotatable bonds is 4. The second-order valence-electron chi connectivity index (χ2n) is 5.86. The second-order valence-corrected chi connectivity index (χ2v) is 5.86. The fourth-order valence-corrected chi connectivity index (χ4v) is 3.02. The van der Waals surface area contributed by atoms with Gasteiger partial charge in [-0.3, -0.25) is 0 Å². The van der Waals surface area contributed by atoms with Crippen molar-refractivity contribution in [2.45, 2.75) is 6.42 Å². The van der Waals surface area contributed by atoms with Crippen LogP contribution in [0.4, 0.5) is 5.69 Å². The molecule has 0 aliphatic heterocycles. The fourth-order valence-electron chi connectivity index (χ4n) is 3.02. The number of aromatic nitrogens is 1. The van der Waals surface area contributed by atoms with E-state index in [1.165, 1.54) is 5.56 Å². The van der Waals surface area contributed by atoms with E-state index in [1.54, 1.807) is 12.1 Å². The molecule has 0 radical (unpaired) electrons. The average molecular weight is 314 g/mol. The number of hydrogen-bond acceptors (Lipinski definition) is 3. The first kappa shape index (κ1) is 14.5. The van der Waals surface area contributed by atoms with E-state index in [1.807, 2.05) is 48.5 Å². The molecule has 1 aromatic heterocycles. The number of nitrogens with zero attached hydrogens (tertiary/aromatic N) is 1. The second kappa shape index (κ2) is 6.20. The normalized spacial score (nSPS) is 11.0. The summed E-state index contributed by atoms with van der Waals surface area (Å²) in [5.41, 5.74) is 4.34. The van der Waals surface area contributed by atoms with Crippen LogP contribution in [0.3, 0.4) is 0 Å². The Hall–Kier alpha value is -3.07. The van der Waals surface area contributed by atoms with Crippen molar-refractivity contribution in [1.82, 2.24) is 4.98 Å². The maximum Gasteiger partial charge on any atom is 0.115 e. The lowest BCUT2D eigenvalue weighted by Crippen LogP contribution is -2.06. The van der Waals surface area contributed by atoms with Gasteiger partial charge in [0.25, 0.3) is 0 Å². The molecule has 3 aromatic carbocycles. The van der Waals surface area contributed by atoms with E-state index in [-0.39, 0.29) is 0 Å². The lowest BCUT2D eigenvalue weighted by atomic mass is 10.1. The molecule has 0 saturated carbocycles. The molecule has 118 valence electrons. The summed E-state index contributed by atoms with van der Waals surface area (Å²) >= 11 is 0. The summed E-state index contributed by atoms with van der Waals surface area (Å²) in [4.78, 5) is 4.75. The van der Waals surface area contributed by atoms with E-state index in [0.717, 1.165) is 40.5 Å². The Morgan fingerprint density at radius 2 is 1.33 bits per heavy atom. The molecule has 0 aliphatic rings. The Kier molecular flexibility index (Phi) is 3.75. The zero-order valence-corrected chi connectivity index (χ0v) is 13.2. The van der Waals surface area contributed by atoms with Crippen molar-refractivity contribution in [1.29, 1.82) is 0 Å². The maximum absolute atomic E-state index is 9.37. The maximum atomic E-state index is 9.37. The lowest BCUT2D eigenvalue weighted by Gasteiger charge is -2.13. The third-order valence-electron chi connectivity index (χ3n) is 4.24. The van der Waals surface area contributed by atoms with Gasteiger partial charge in [0.2, 0.25) is 0 Å². The minimum atomic E-state index is 0.304. The highest BCUT2D eigenvalue weighted by molar-refractivity contribution is 6.07. The van der Waals surface area contributed by atoms with Crippen LogP contribution >= 0.6 is 0 Å². The van der Waals surface area contributed by atoms with Crippen LogP contribution in [0.1, 0.15) is 5.56 Å². The Balaban J connectivity index is 1.67. The molecule has 3 heteroatoms. The summed E-state index contributed by atoms with van der Waals surface area (Å²) in [7, 11) is 0. The van der Waals surface area contributed by atoms with Crippen LogP contribution < -0.4 is 5.32 Å². The van der Waals surface area contributed by atoms with Gasteiger partial charge in [0.15, 0.2) is 0 Å². The highest BCUT2D eigenvalue weighted by atomic mass is 16.3. The number of hydrogen-bond donors (Lipinski definition) is 2. The summed E-state index contributed by atoms with van der Waals surface area (Å²) < 4.78 is 0. The van der Waals surface area contributed by atoms with E-state index in [0.29, 0.717) is 5.75 Å². The lowest BCUT2D eigenvalue weighted by molar-refractivity contribution is 0.475. The molecule has 2 N–H and O–H groups in total. The molecule has 0 unspecified atom stereocenters. The third-order valence-corrected chi connectivity index (χ3v) is 4.24. The molecule has 3 nitrogen and oxygen atoms in total. The number of pyridine rings is 1. The zero-order valence-electron chi connectivity index (χ0n) is 13.2. The first-order chi connectivity index (χ1) is 11.8. The molecule has 0 spiro atoms. The van der Waals surface area contributed by atoms with E-state index in [4.69, 9.17) is 4.98 Å². The van der Waals surface area contributed by atoms with Gasteiger partial charge in [-0.1, -0.05) is 48.5 Å². The summed E-state index contributed by atoms with van der Waals surface area (Å²) in [6.07, 6.45) is 0.894. The van der Waals surface area contributed by atoms with Crippen LogP contribution in [0, 0.1) is 0 Å².